The summed E-state index contributed by atoms with van der Waals surface area (Å²) < 4.78 is 26.1. The predicted octanol–water partition coefficient (Wildman–Crippen LogP) is 2.21. The average Bonchev–Trinajstić information content (AvgIpc) is 2.49. The van der Waals surface area contributed by atoms with Crippen LogP contribution in [0.1, 0.15) is 25.3 Å². The minimum absolute atomic E-state index is 0.473. The summed E-state index contributed by atoms with van der Waals surface area (Å²) in [5, 5.41) is 0. The Hall–Kier alpha value is -1.04. The van der Waals surface area contributed by atoms with E-state index < -0.39 is 11.6 Å². The predicted molar refractivity (Wildman–Crippen MR) is 81.0 cm³/mol. The molecule has 1 aromatic rings. The van der Waals surface area contributed by atoms with Crippen LogP contribution in [0.25, 0.3) is 0 Å². The van der Waals surface area contributed by atoms with Crippen molar-refractivity contribution in [2.45, 2.75) is 32.4 Å². The Labute approximate surface area is 125 Å². The molecule has 21 heavy (non-hydrogen) atoms. The molecule has 0 radical (unpaired) electrons. The fraction of sp³-hybridized carbons (Fsp3) is 0.625. The number of piperazine rings is 1. The highest BCUT2D eigenvalue weighted by atomic mass is 19.2. The molecule has 5 heteroatoms. The molecule has 1 atom stereocenters. The Morgan fingerprint density at radius 1 is 1.14 bits per heavy atom. The molecular formula is C16H25F2N3. The molecule has 118 valence electrons. The van der Waals surface area contributed by atoms with Crippen LogP contribution in [0.15, 0.2) is 18.2 Å². The van der Waals surface area contributed by atoms with E-state index in [0.29, 0.717) is 19.1 Å². The summed E-state index contributed by atoms with van der Waals surface area (Å²) in [7, 11) is 0. The summed E-state index contributed by atoms with van der Waals surface area (Å²) in [5.41, 5.74) is 6.67. The molecule has 0 aromatic heterocycles. The Morgan fingerprint density at radius 3 is 2.43 bits per heavy atom. The van der Waals surface area contributed by atoms with Crippen LogP contribution >= 0.6 is 0 Å². The molecule has 1 aromatic carbocycles. The normalized spacial score (nSPS) is 18.9. The Morgan fingerprint density at radius 2 is 1.86 bits per heavy atom. The summed E-state index contributed by atoms with van der Waals surface area (Å²) >= 11 is 0. The van der Waals surface area contributed by atoms with Crippen molar-refractivity contribution in [3.8, 4) is 0 Å². The van der Waals surface area contributed by atoms with E-state index in [2.05, 4.69) is 16.7 Å². The van der Waals surface area contributed by atoms with Crippen LogP contribution in [0, 0.1) is 11.6 Å². The van der Waals surface area contributed by atoms with Gasteiger partial charge in [-0.05, 0) is 24.1 Å². The van der Waals surface area contributed by atoms with Gasteiger partial charge in [-0.1, -0.05) is 19.4 Å². The van der Waals surface area contributed by atoms with Crippen molar-refractivity contribution in [3.63, 3.8) is 0 Å². The highest BCUT2D eigenvalue weighted by molar-refractivity contribution is 5.17. The van der Waals surface area contributed by atoms with Crippen LogP contribution in [0.2, 0.25) is 0 Å². The van der Waals surface area contributed by atoms with Gasteiger partial charge in [-0.3, -0.25) is 9.80 Å². The lowest BCUT2D eigenvalue weighted by atomic mass is 10.1. The van der Waals surface area contributed by atoms with Gasteiger partial charge in [0, 0.05) is 45.3 Å². The van der Waals surface area contributed by atoms with Gasteiger partial charge in [0.05, 0.1) is 0 Å². The van der Waals surface area contributed by atoms with Gasteiger partial charge in [-0.15, -0.1) is 0 Å². The number of hydrogen-bond acceptors (Lipinski definition) is 3. The largest absolute Gasteiger partial charge is 0.329 e. The first kappa shape index (κ1) is 16.3. The van der Waals surface area contributed by atoms with Crippen LogP contribution < -0.4 is 5.73 Å². The van der Waals surface area contributed by atoms with Crippen molar-refractivity contribution >= 4 is 0 Å². The zero-order valence-corrected chi connectivity index (χ0v) is 12.7. The molecule has 2 rings (SSSR count). The molecule has 0 bridgehead atoms. The van der Waals surface area contributed by atoms with E-state index in [-0.39, 0.29) is 0 Å². The molecule has 0 aliphatic carbocycles. The summed E-state index contributed by atoms with van der Waals surface area (Å²) in [6.45, 7) is 7.43. The van der Waals surface area contributed by atoms with Gasteiger partial charge in [-0.2, -0.15) is 0 Å². The zero-order valence-electron chi connectivity index (χ0n) is 12.7. The number of nitrogens with zero attached hydrogens (tertiary/aromatic N) is 2. The van der Waals surface area contributed by atoms with Gasteiger partial charge in [0.1, 0.15) is 0 Å². The maximum absolute atomic E-state index is 13.2. The first-order valence-corrected chi connectivity index (χ1v) is 7.74. The van der Waals surface area contributed by atoms with E-state index in [9.17, 15) is 8.78 Å². The Bertz CT molecular complexity index is 445. The maximum atomic E-state index is 13.2. The lowest BCUT2D eigenvalue weighted by Crippen LogP contribution is -2.51. The van der Waals surface area contributed by atoms with Gasteiger partial charge in [0.25, 0.3) is 0 Å². The summed E-state index contributed by atoms with van der Waals surface area (Å²) in [6, 6.07) is 4.62. The minimum Gasteiger partial charge on any atom is -0.329 e. The van der Waals surface area contributed by atoms with Crippen molar-refractivity contribution in [1.29, 1.82) is 0 Å². The van der Waals surface area contributed by atoms with Gasteiger partial charge in [0.15, 0.2) is 11.6 Å². The summed E-state index contributed by atoms with van der Waals surface area (Å²) in [6.07, 6.45) is 2.29. The van der Waals surface area contributed by atoms with Crippen molar-refractivity contribution in [2.75, 3.05) is 32.7 Å². The average molecular weight is 297 g/mol. The second-order valence-electron chi connectivity index (χ2n) is 5.74. The SMILES string of the molecule is CCCC(CN)N1CCN(Cc2ccc(F)c(F)c2)CC1. The minimum atomic E-state index is -0.783. The first-order valence-electron chi connectivity index (χ1n) is 7.74. The topological polar surface area (TPSA) is 32.5 Å². The van der Waals surface area contributed by atoms with E-state index in [0.717, 1.165) is 44.6 Å². The second kappa shape index (κ2) is 7.82. The van der Waals surface area contributed by atoms with Crippen LogP contribution in [-0.4, -0.2) is 48.6 Å². The molecule has 0 saturated carbocycles. The second-order valence-corrected chi connectivity index (χ2v) is 5.74. The van der Waals surface area contributed by atoms with Crippen molar-refractivity contribution < 1.29 is 8.78 Å². The van der Waals surface area contributed by atoms with Crippen LogP contribution in [-0.2, 0) is 6.54 Å². The molecule has 3 nitrogen and oxygen atoms in total. The Kier molecular flexibility index (Phi) is 6.08. The number of nitrogens with two attached hydrogens (primary N) is 1. The van der Waals surface area contributed by atoms with Gasteiger partial charge >= 0.3 is 0 Å². The molecule has 2 N–H and O–H groups in total. The van der Waals surface area contributed by atoms with Gasteiger partial charge < -0.3 is 5.73 Å². The number of rotatable bonds is 6. The van der Waals surface area contributed by atoms with Crippen molar-refractivity contribution in [2.24, 2.45) is 5.73 Å². The highest BCUT2D eigenvalue weighted by Crippen LogP contribution is 2.14. The molecule has 1 unspecified atom stereocenters. The molecular weight excluding hydrogens is 272 g/mol. The van der Waals surface area contributed by atoms with E-state index in [1.807, 2.05) is 0 Å². The van der Waals surface area contributed by atoms with Crippen LogP contribution in [0.5, 0.6) is 0 Å². The van der Waals surface area contributed by atoms with E-state index in [1.165, 1.54) is 12.1 Å². The Balaban J connectivity index is 1.84. The fourth-order valence-corrected chi connectivity index (χ4v) is 2.97. The molecule has 1 fully saturated rings. The summed E-state index contributed by atoms with van der Waals surface area (Å²) in [4.78, 5) is 4.73. The zero-order chi connectivity index (χ0) is 15.2. The lowest BCUT2D eigenvalue weighted by Gasteiger charge is -2.39. The first-order chi connectivity index (χ1) is 10.1. The van der Waals surface area contributed by atoms with Gasteiger partial charge in [-0.25, -0.2) is 8.78 Å². The molecule has 1 aliphatic heterocycles. The van der Waals surface area contributed by atoms with E-state index in [4.69, 9.17) is 5.73 Å². The molecule has 0 spiro atoms. The van der Waals surface area contributed by atoms with Crippen LogP contribution in [0.3, 0.4) is 0 Å². The number of hydrogen-bond donors (Lipinski definition) is 1. The van der Waals surface area contributed by atoms with E-state index >= 15 is 0 Å². The number of benzene rings is 1. The summed E-state index contributed by atoms with van der Waals surface area (Å²) in [5.74, 6) is -1.55. The monoisotopic (exact) mass is 297 g/mol. The van der Waals surface area contributed by atoms with Crippen molar-refractivity contribution in [1.82, 2.24) is 9.80 Å². The number of halogens is 2. The smallest absolute Gasteiger partial charge is 0.159 e. The standard InChI is InChI=1S/C16H25F2N3/c1-2-3-14(11-19)21-8-6-20(7-9-21)12-13-4-5-15(17)16(18)10-13/h4-5,10,14H,2-3,6-9,11-12,19H2,1H3. The molecule has 1 saturated heterocycles. The fourth-order valence-electron chi connectivity index (χ4n) is 2.97. The lowest BCUT2D eigenvalue weighted by molar-refractivity contribution is 0.0904. The highest BCUT2D eigenvalue weighted by Gasteiger charge is 2.22. The molecule has 1 aliphatic rings. The third-order valence-electron chi connectivity index (χ3n) is 4.21. The third-order valence-corrected chi connectivity index (χ3v) is 4.21. The molecule has 1 heterocycles. The quantitative estimate of drug-likeness (QED) is 0.874. The van der Waals surface area contributed by atoms with Crippen molar-refractivity contribution in [3.05, 3.63) is 35.4 Å². The van der Waals surface area contributed by atoms with Gasteiger partial charge in [0.2, 0.25) is 0 Å². The van der Waals surface area contributed by atoms with Crippen LogP contribution in [0.4, 0.5) is 8.78 Å². The third kappa shape index (κ3) is 4.46. The van der Waals surface area contributed by atoms with E-state index in [1.54, 1.807) is 6.07 Å². The molecule has 0 amide bonds. The maximum Gasteiger partial charge on any atom is 0.159 e.